The number of fused-ring (bicyclic) bond motifs is 4. The number of hydrogen-bond acceptors (Lipinski definition) is 4. The minimum Gasteiger partial charge on any atom is -0.504 e. The summed E-state index contributed by atoms with van der Waals surface area (Å²) in [7, 11) is 1.57. The fourth-order valence-electron chi connectivity index (χ4n) is 3.80. The number of phenols is 1. The largest absolute Gasteiger partial charge is 0.504 e. The lowest BCUT2D eigenvalue weighted by atomic mass is 9.97. The fourth-order valence-corrected chi connectivity index (χ4v) is 3.80. The molecule has 1 heterocycles. The summed E-state index contributed by atoms with van der Waals surface area (Å²) in [4.78, 5) is 0. The minimum atomic E-state index is 0.187. The summed E-state index contributed by atoms with van der Waals surface area (Å²) in [5.74, 6) is 2.27. The molecule has 1 aliphatic heterocycles. The van der Waals surface area contributed by atoms with Crippen LogP contribution in [-0.2, 0) is 6.42 Å². The van der Waals surface area contributed by atoms with E-state index in [1.165, 1.54) is 11.1 Å². The highest BCUT2D eigenvalue weighted by Crippen LogP contribution is 2.39. The normalized spacial score (nSPS) is 16.5. The van der Waals surface area contributed by atoms with Crippen molar-refractivity contribution in [2.24, 2.45) is 0 Å². The third-order valence-electron chi connectivity index (χ3n) is 5.18. The van der Waals surface area contributed by atoms with Gasteiger partial charge in [0, 0.05) is 10.8 Å². The number of allylic oxidation sites excluding steroid dienone is 1. The standard InChI is InChI=1S/C22H18O4/c1-24-19-7-5-14-9-16-8-13(3-6-17(14)22(19)23)2-4-15-10-20-21(11-18(15)16)26-12-25-20/h5-7,9-11,23H,2-4,12H2,1H3. The van der Waals surface area contributed by atoms with Crippen molar-refractivity contribution in [1.82, 2.24) is 0 Å². The molecule has 2 aromatic rings. The van der Waals surface area contributed by atoms with Crippen LogP contribution in [0.2, 0.25) is 0 Å². The third kappa shape index (κ3) is 2.31. The molecule has 0 amide bonds. The van der Waals surface area contributed by atoms with Gasteiger partial charge in [-0.25, -0.2) is 0 Å². The second-order valence-electron chi connectivity index (χ2n) is 6.68. The summed E-state index contributed by atoms with van der Waals surface area (Å²) >= 11 is 0. The van der Waals surface area contributed by atoms with Gasteiger partial charge in [-0.05, 0) is 65.5 Å². The molecule has 5 rings (SSSR count). The molecule has 0 atom stereocenters. The summed E-state index contributed by atoms with van der Waals surface area (Å²) in [5.41, 5.74) is 8.19. The number of phenolic OH excluding ortho intramolecular Hbond substituents is 1. The lowest BCUT2D eigenvalue weighted by Gasteiger charge is -2.09. The predicted octanol–water partition coefficient (Wildman–Crippen LogP) is 2.65. The van der Waals surface area contributed by atoms with Gasteiger partial charge in [0.1, 0.15) is 0 Å². The Labute approximate surface area is 150 Å². The Kier molecular flexibility index (Phi) is 3.34. The maximum Gasteiger partial charge on any atom is 0.231 e. The number of hydrogen-bond donors (Lipinski definition) is 1. The monoisotopic (exact) mass is 346 g/mol. The third-order valence-corrected chi connectivity index (χ3v) is 5.18. The minimum absolute atomic E-state index is 0.187. The van der Waals surface area contributed by atoms with Gasteiger partial charge in [0.2, 0.25) is 6.79 Å². The number of aromatic hydroxyl groups is 1. The van der Waals surface area contributed by atoms with E-state index >= 15 is 0 Å². The van der Waals surface area contributed by atoms with Crippen LogP contribution in [0.1, 0.15) is 24.0 Å². The molecule has 2 aromatic carbocycles. The SMILES string of the molecule is COc1ccc2c(c1O)=CCC1=C=C(C=2)c2cc3c(cc2CC1)OCO3. The van der Waals surface area contributed by atoms with E-state index in [2.05, 4.69) is 23.9 Å². The second-order valence-corrected chi connectivity index (χ2v) is 6.68. The summed E-state index contributed by atoms with van der Waals surface area (Å²) in [6, 6.07) is 7.90. The van der Waals surface area contributed by atoms with Gasteiger partial charge in [0.25, 0.3) is 0 Å². The van der Waals surface area contributed by atoms with E-state index in [1.54, 1.807) is 13.2 Å². The highest BCUT2D eigenvalue weighted by atomic mass is 16.7. The Morgan fingerprint density at radius 1 is 1.12 bits per heavy atom. The van der Waals surface area contributed by atoms with Crippen LogP contribution in [-0.4, -0.2) is 19.0 Å². The molecule has 2 aliphatic carbocycles. The molecular formula is C22H18O4. The zero-order valence-electron chi connectivity index (χ0n) is 14.5. The van der Waals surface area contributed by atoms with Crippen LogP contribution in [0.25, 0.3) is 17.7 Å². The maximum atomic E-state index is 10.6. The molecule has 0 aromatic heterocycles. The van der Waals surface area contributed by atoms with Gasteiger partial charge >= 0.3 is 0 Å². The van der Waals surface area contributed by atoms with E-state index in [-0.39, 0.29) is 12.5 Å². The first-order chi connectivity index (χ1) is 12.7. The first kappa shape index (κ1) is 15.2. The molecule has 4 nitrogen and oxygen atoms in total. The van der Waals surface area contributed by atoms with Crippen molar-refractivity contribution < 1.29 is 19.3 Å². The lowest BCUT2D eigenvalue weighted by Crippen LogP contribution is -2.25. The van der Waals surface area contributed by atoms with Crippen molar-refractivity contribution in [3.63, 3.8) is 0 Å². The second kappa shape index (κ2) is 5.72. The summed E-state index contributed by atoms with van der Waals surface area (Å²) in [6.07, 6.45) is 6.76. The zero-order valence-corrected chi connectivity index (χ0v) is 14.5. The maximum absolute atomic E-state index is 10.6. The molecule has 0 fully saturated rings. The summed E-state index contributed by atoms with van der Waals surface area (Å²) in [6.45, 7) is 0.271. The van der Waals surface area contributed by atoms with Crippen molar-refractivity contribution in [3.05, 3.63) is 57.1 Å². The zero-order chi connectivity index (χ0) is 17.7. The van der Waals surface area contributed by atoms with Crippen LogP contribution in [0.15, 0.2) is 35.6 Å². The average molecular weight is 346 g/mol. The number of aryl methyl sites for hydroxylation is 1. The van der Waals surface area contributed by atoms with Gasteiger partial charge in [0.05, 0.1) is 7.11 Å². The lowest BCUT2D eigenvalue weighted by molar-refractivity contribution is 0.174. The van der Waals surface area contributed by atoms with Crippen molar-refractivity contribution in [3.8, 4) is 23.0 Å². The van der Waals surface area contributed by atoms with Crippen molar-refractivity contribution >= 4 is 17.7 Å². The Balaban J connectivity index is 1.77. The van der Waals surface area contributed by atoms with Crippen molar-refractivity contribution in [2.75, 3.05) is 13.9 Å². The fraction of sp³-hybridized carbons (Fsp3) is 0.227. The average Bonchev–Trinajstić information content (AvgIpc) is 3.01. The molecule has 0 saturated heterocycles. The van der Waals surface area contributed by atoms with E-state index in [9.17, 15) is 5.11 Å². The quantitative estimate of drug-likeness (QED) is 0.807. The predicted molar refractivity (Wildman–Crippen MR) is 98.8 cm³/mol. The van der Waals surface area contributed by atoms with Gasteiger partial charge in [-0.15, -0.1) is 5.73 Å². The molecule has 0 saturated carbocycles. The number of benzene rings is 2. The highest BCUT2D eigenvalue weighted by Gasteiger charge is 2.21. The van der Waals surface area contributed by atoms with Crippen LogP contribution in [0.5, 0.6) is 23.0 Å². The number of rotatable bonds is 1. The van der Waals surface area contributed by atoms with Crippen LogP contribution >= 0.6 is 0 Å². The topological polar surface area (TPSA) is 47.9 Å². The molecular weight excluding hydrogens is 328 g/mol. The Hall–Kier alpha value is -3.10. The van der Waals surface area contributed by atoms with E-state index in [1.807, 2.05) is 12.1 Å². The van der Waals surface area contributed by atoms with Crippen LogP contribution < -0.4 is 24.6 Å². The van der Waals surface area contributed by atoms with Crippen LogP contribution in [0.3, 0.4) is 0 Å². The molecule has 1 N–H and O–H groups in total. The van der Waals surface area contributed by atoms with Crippen LogP contribution in [0, 0.1) is 0 Å². The van der Waals surface area contributed by atoms with Gasteiger partial charge in [-0.3, -0.25) is 0 Å². The van der Waals surface area contributed by atoms with Gasteiger partial charge in [-0.1, -0.05) is 12.1 Å². The number of methoxy groups -OCH3 is 1. The van der Waals surface area contributed by atoms with Crippen molar-refractivity contribution in [1.29, 1.82) is 0 Å². The molecule has 0 radical (unpaired) electrons. The van der Waals surface area contributed by atoms with E-state index in [0.717, 1.165) is 52.3 Å². The van der Waals surface area contributed by atoms with Crippen LogP contribution in [0.4, 0.5) is 0 Å². The number of ether oxygens (including phenoxy) is 3. The molecule has 26 heavy (non-hydrogen) atoms. The molecule has 3 aliphatic rings. The van der Waals surface area contributed by atoms with Crippen molar-refractivity contribution in [2.45, 2.75) is 19.3 Å². The van der Waals surface area contributed by atoms with Gasteiger partial charge in [0.15, 0.2) is 23.0 Å². The van der Waals surface area contributed by atoms with E-state index < -0.39 is 0 Å². The Morgan fingerprint density at radius 2 is 1.96 bits per heavy atom. The molecule has 4 heteroatoms. The highest BCUT2D eigenvalue weighted by molar-refractivity contribution is 5.91. The Bertz CT molecular complexity index is 1120. The molecule has 0 unspecified atom stereocenters. The molecule has 2 bridgehead atoms. The first-order valence-electron chi connectivity index (χ1n) is 8.72. The van der Waals surface area contributed by atoms with E-state index in [4.69, 9.17) is 14.2 Å². The summed E-state index contributed by atoms with van der Waals surface area (Å²) < 4.78 is 16.4. The first-order valence-corrected chi connectivity index (χ1v) is 8.72. The molecule has 0 spiro atoms. The summed E-state index contributed by atoms with van der Waals surface area (Å²) in [5, 5.41) is 12.3. The Morgan fingerprint density at radius 3 is 2.81 bits per heavy atom. The molecule has 130 valence electrons. The van der Waals surface area contributed by atoms with E-state index in [0.29, 0.717) is 5.75 Å². The van der Waals surface area contributed by atoms with Gasteiger partial charge in [-0.2, -0.15) is 0 Å². The smallest absolute Gasteiger partial charge is 0.231 e. The van der Waals surface area contributed by atoms with Gasteiger partial charge < -0.3 is 19.3 Å².